The van der Waals surface area contributed by atoms with Crippen molar-refractivity contribution in [3.05, 3.63) is 40.0 Å². The number of anilines is 1. The van der Waals surface area contributed by atoms with E-state index < -0.39 is 11.7 Å². The number of nitrogens with two attached hydrogens (primary N) is 1. The van der Waals surface area contributed by atoms with Gasteiger partial charge in [-0.2, -0.15) is 18.3 Å². The Hall–Kier alpha value is -1.50. The van der Waals surface area contributed by atoms with Gasteiger partial charge in [0, 0.05) is 0 Å². The van der Waals surface area contributed by atoms with Gasteiger partial charge in [-0.15, -0.1) is 0 Å². The molecule has 2 N–H and O–H groups in total. The molecule has 0 aliphatic heterocycles. The largest absolute Gasteiger partial charge is 0.416 e. The first-order valence-corrected chi connectivity index (χ1v) is 6.72. The molecular weight excluding hydrogens is 335 g/mol. The summed E-state index contributed by atoms with van der Waals surface area (Å²) in [7, 11) is 0. The molecular formula is C13H13BrF3N3. The Labute approximate surface area is 122 Å². The summed E-state index contributed by atoms with van der Waals surface area (Å²) in [5.74, 6) is 0.395. The van der Waals surface area contributed by atoms with Crippen LogP contribution in [0.2, 0.25) is 0 Å². The van der Waals surface area contributed by atoms with Crippen LogP contribution in [0.15, 0.2) is 28.7 Å². The second-order valence-corrected chi connectivity index (χ2v) is 5.49. The number of nitrogens with zero attached hydrogens (tertiary/aromatic N) is 2. The zero-order valence-corrected chi connectivity index (χ0v) is 12.5. The molecule has 0 radical (unpaired) electrons. The van der Waals surface area contributed by atoms with Crippen molar-refractivity contribution >= 4 is 21.7 Å². The number of aromatic nitrogens is 2. The first kappa shape index (κ1) is 14.9. The highest BCUT2D eigenvalue weighted by atomic mass is 79.9. The zero-order chi connectivity index (χ0) is 15.1. The van der Waals surface area contributed by atoms with Crippen molar-refractivity contribution in [2.24, 2.45) is 0 Å². The van der Waals surface area contributed by atoms with Gasteiger partial charge in [0.25, 0.3) is 0 Å². The van der Waals surface area contributed by atoms with Gasteiger partial charge in [0.1, 0.15) is 5.82 Å². The van der Waals surface area contributed by atoms with Crippen molar-refractivity contribution in [1.82, 2.24) is 9.78 Å². The van der Waals surface area contributed by atoms with Gasteiger partial charge in [-0.25, -0.2) is 4.68 Å². The SMILES string of the molecule is CC(C)c1nn(-c2cccc(C(F)(F)F)c2)c(N)c1Br. The molecule has 0 amide bonds. The number of alkyl halides is 3. The molecule has 1 aromatic carbocycles. The van der Waals surface area contributed by atoms with E-state index in [2.05, 4.69) is 21.0 Å². The van der Waals surface area contributed by atoms with E-state index in [-0.39, 0.29) is 17.4 Å². The van der Waals surface area contributed by atoms with Crippen molar-refractivity contribution in [3.63, 3.8) is 0 Å². The Morgan fingerprint density at radius 2 is 1.95 bits per heavy atom. The van der Waals surface area contributed by atoms with Crippen LogP contribution in [-0.4, -0.2) is 9.78 Å². The molecule has 108 valence electrons. The molecule has 0 spiro atoms. The summed E-state index contributed by atoms with van der Waals surface area (Å²) in [6, 6.07) is 4.92. The lowest BCUT2D eigenvalue weighted by Gasteiger charge is -2.09. The molecule has 2 aromatic rings. The third kappa shape index (κ3) is 2.67. The topological polar surface area (TPSA) is 43.8 Å². The molecule has 7 heteroatoms. The maximum atomic E-state index is 12.7. The van der Waals surface area contributed by atoms with Gasteiger partial charge in [0.2, 0.25) is 0 Å². The summed E-state index contributed by atoms with van der Waals surface area (Å²) in [5, 5.41) is 4.28. The molecule has 3 nitrogen and oxygen atoms in total. The van der Waals surface area contributed by atoms with Crippen LogP contribution in [0.3, 0.4) is 0 Å². The molecule has 0 aliphatic rings. The summed E-state index contributed by atoms with van der Waals surface area (Å²) < 4.78 is 40.1. The number of rotatable bonds is 2. The first-order chi connectivity index (χ1) is 9.21. The van der Waals surface area contributed by atoms with Crippen LogP contribution >= 0.6 is 15.9 Å². The van der Waals surface area contributed by atoms with Gasteiger partial charge >= 0.3 is 6.18 Å². The van der Waals surface area contributed by atoms with Crippen LogP contribution in [0.1, 0.15) is 31.0 Å². The average molecular weight is 348 g/mol. The molecule has 0 fully saturated rings. The summed E-state index contributed by atoms with van der Waals surface area (Å²) in [5.41, 5.74) is 6.17. The second kappa shape index (κ2) is 5.12. The third-order valence-electron chi connectivity index (χ3n) is 2.85. The number of hydrogen-bond donors (Lipinski definition) is 1. The maximum Gasteiger partial charge on any atom is 0.416 e. The van der Waals surface area contributed by atoms with Crippen molar-refractivity contribution in [3.8, 4) is 5.69 Å². The number of benzene rings is 1. The molecule has 0 aliphatic carbocycles. The summed E-state index contributed by atoms with van der Waals surface area (Å²) in [6.07, 6.45) is -4.39. The highest BCUT2D eigenvalue weighted by Crippen LogP contribution is 2.33. The van der Waals surface area contributed by atoms with E-state index in [1.165, 1.54) is 16.8 Å². The first-order valence-electron chi connectivity index (χ1n) is 5.93. The minimum Gasteiger partial charge on any atom is -0.383 e. The monoisotopic (exact) mass is 347 g/mol. The zero-order valence-electron chi connectivity index (χ0n) is 10.9. The van der Waals surface area contributed by atoms with E-state index >= 15 is 0 Å². The fraction of sp³-hybridized carbons (Fsp3) is 0.308. The van der Waals surface area contributed by atoms with Crippen LogP contribution in [0.4, 0.5) is 19.0 Å². The molecule has 0 saturated carbocycles. The van der Waals surface area contributed by atoms with E-state index in [0.717, 1.165) is 12.1 Å². The fourth-order valence-corrected chi connectivity index (χ4v) is 2.51. The van der Waals surface area contributed by atoms with E-state index in [0.29, 0.717) is 10.2 Å². The fourth-order valence-electron chi connectivity index (χ4n) is 1.81. The van der Waals surface area contributed by atoms with Gasteiger partial charge in [-0.05, 0) is 40.0 Å². The maximum absolute atomic E-state index is 12.7. The molecule has 1 aromatic heterocycles. The van der Waals surface area contributed by atoms with Crippen molar-refractivity contribution in [1.29, 1.82) is 0 Å². The normalized spacial score (nSPS) is 12.2. The lowest BCUT2D eigenvalue weighted by Crippen LogP contribution is -2.08. The Morgan fingerprint density at radius 3 is 2.45 bits per heavy atom. The Balaban J connectivity index is 2.55. The average Bonchev–Trinajstić information content (AvgIpc) is 2.66. The molecule has 0 bridgehead atoms. The lowest BCUT2D eigenvalue weighted by molar-refractivity contribution is -0.137. The predicted molar refractivity (Wildman–Crippen MR) is 74.8 cm³/mol. The highest BCUT2D eigenvalue weighted by molar-refractivity contribution is 9.10. The van der Waals surface area contributed by atoms with E-state index in [4.69, 9.17) is 5.73 Å². The van der Waals surface area contributed by atoms with Gasteiger partial charge in [-0.3, -0.25) is 0 Å². The molecule has 0 atom stereocenters. The number of nitrogen functional groups attached to an aromatic ring is 1. The standard InChI is InChI=1S/C13H13BrF3N3/c1-7(2)11-10(14)12(18)20(19-11)9-5-3-4-8(6-9)13(15,16)17/h3-7H,18H2,1-2H3. The predicted octanol–water partition coefficient (Wildman–Crippen LogP) is 4.36. The molecule has 0 unspecified atom stereocenters. The Morgan fingerprint density at radius 1 is 1.30 bits per heavy atom. The van der Waals surface area contributed by atoms with Crippen LogP contribution in [0.25, 0.3) is 5.69 Å². The minimum absolute atomic E-state index is 0.110. The number of hydrogen-bond acceptors (Lipinski definition) is 2. The van der Waals surface area contributed by atoms with Crippen molar-refractivity contribution in [2.75, 3.05) is 5.73 Å². The van der Waals surface area contributed by atoms with E-state index in [1.807, 2.05) is 13.8 Å². The smallest absolute Gasteiger partial charge is 0.383 e. The van der Waals surface area contributed by atoms with Crippen LogP contribution in [0, 0.1) is 0 Å². The molecule has 2 rings (SSSR count). The van der Waals surface area contributed by atoms with Crippen molar-refractivity contribution < 1.29 is 13.2 Å². The molecule has 20 heavy (non-hydrogen) atoms. The van der Waals surface area contributed by atoms with E-state index in [9.17, 15) is 13.2 Å². The number of halogens is 4. The second-order valence-electron chi connectivity index (χ2n) is 4.70. The van der Waals surface area contributed by atoms with Crippen LogP contribution in [-0.2, 0) is 6.18 Å². The Kier molecular flexibility index (Phi) is 3.82. The van der Waals surface area contributed by atoms with Gasteiger partial charge < -0.3 is 5.73 Å². The van der Waals surface area contributed by atoms with E-state index in [1.54, 1.807) is 0 Å². The van der Waals surface area contributed by atoms with Crippen molar-refractivity contribution in [2.45, 2.75) is 25.9 Å². The van der Waals surface area contributed by atoms with Gasteiger partial charge in [-0.1, -0.05) is 19.9 Å². The molecule has 0 saturated heterocycles. The summed E-state index contributed by atoms with van der Waals surface area (Å²) in [4.78, 5) is 0. The van der Waals surface area contributed by atoms with Crippen LogP contribution < -0.4 is 5.73 Å². The molecule has 1 heterocycles. The van der Waals surface area contributed by atoms with Gasteiger partial charge in [0.05, 0.1) is 21.4 Å². The van der Waals surface area contributed by atoms with Crippen LogP contribution in [0.5, 0.6) is 0 Å². The summed E-state index contributed by atoms with van der Waals surface area (Å²) >= 11 is 3.33. The Bertz CT molecular complexity index is 632. The minimum atomic E-state index is -4.39. The third-order valence-corrected chi connectivity index (χ3v) is 3.66. The summed E-state index contributed by atoms with van der Waals surface area (Å²) in [6.45, 7) is 3.87. The highest BCUT2D eigenvalue weighted by Gasteiger charge is 2.30. The van der Waals surface area contributed by atoms with Gasteiger partial charge in [0.15, 0.2) is 0 Å². The quantitative estimate of drug-likeness (QED) is 0.876. The lowest BCUT2D eigenvalue weighted by atomic mass is 10.1.